The molecule has 2 atom stereocenters. The van der Waals surface area contributed by atoms with Crippen LogP contribution < -0.4 is 5.73 Å². The summed E-state index contributed by atoms with van der Waals surface area (Å²) in [6.45, 7) is 6.92. The number of rotatable bonds is 4. The number of nitrogens with zero attached hydrogens (tertiary/aromatic N) is 6. The number of nitrogen functional groups attached to an aromatic ring is 1. The van der Waals surface area contributed by atoms with Crippen LogP contribution in [-0.4, -0.2) is 49.4 Å². The summed E-state index contributed by atoms with van der Waals surface area (Å²) in [5.74, 6) is 1.49. The Bertz CT molecular complexity index is 1190. The van der Waals surface area contributed by atoms with Gasteiger partial charge in [0.1, 0.15) is 12.1 Å². The number of allylic oxidation sites excluding steroid dienone is 6. The van der Waals surface area contributed by atoms with Crippen LogP contribution in [0.15, 0.2) is 60.1 Å². The third-order valence-corrected chi connectivity index (χ3v) is 6.17. The highest BCUT2D eigenvalue weighted by Crippen LogP contribution is 2.37. The highest BCUT2D eigenvalue weighted by molar-refractivity contribution is 6.10. The molecule has 8 heteroatoms. The fraction of sp³-hybridized carbons (Fsp3) is 0.304. The number of carbonyl (C=O) groups is 1. The molecular formula is C23H24N7O. The average Bonchev–Trinajstić information content (AvgIpc) is 3.43. The van der Waals surface area contributed by atoms with Crippen molar-refractivity contribution in [2.75, 3.05) is 18.8 Å². The highest BCUT2D eigenvalue weighted by Gasteiger charge is 2.32. The van der Waals surface area contributed by atoms with Gasteiger partial charge in [0.05, 0.1) is 22.8 Å². The Hall–Kier alpha value is -3.55. The minimum absolute atomic E-state index is 0.0275. The zero-order valence-corrected chi connectivity index (χ0v) is 17.4. The molecular weight excluding hydrogens is 390 g/mol. The number of likely N-dealkylation sites (tertiary alicyclic amines) is 1. The second-order valence-corrected chi connectivity index (χ2v) is 8.01. The molecule has 4 heterocycles. The lowest BCUT2D eigenvalue weighted by Crippen LogP contribution is -2.27. The van der Waals surface area contributed by atoms with E-state index >= 15 is 0 Å². The maximum absolute atomic E-state index is 12.0. The Morgan fingerprint density at radius 1 is 1.32 bits per heavy atom. The summed E-state index contributed by atoms with van der Waals surface area (Å²) >= 11 is 0. The van der Waals surface area contributed by atoms with Crippen LogP contribution in [0.1, 0.15) is 37.4 Å². The molecule has 5 rings (SSSR count). The van der Waals surface area contributed by atoms with Crippen LogP contribution >= 0.6 is 0 Å². The number of carbonyl (C=O) groups excluding carboxylic acids is 1. The Labute approximate surface area is 180 Å². The third-order valence-electron chi connectivity index (χ3n) is 6.17. The predicted octanol–water partition coefficient (Wildman–Crippen LogP) is 2.90. The molecule has 0 bridgehead atoms. The summed E-state index contributed by atoms with van der Waals surface area (Å²) in [6, 6.07) is 0.0275. The van der Waals surface area contributed by atoms with Gasteiger partial charge in [0.15, 0.2) is 5.65 Å². The van der Waals surface area contributed by atoms with Crippen LogP contribution in [0, 0.1) is 5.92 Å². The van der Waals surface area contributed by atoms with Crippen LogP contribution in [0.2, 0.25) is 0 Å². The van der Waals surface area contributed by atoms with Gasteiger partial charge in [-0.2, -0.15) is 5.10 Å². The van der Waals surface area contributed by atoms with Crippen LogP contribution in [-0.2, 0) is 4.79 Å². The molecule has 0 spiro atoms. The van der Waals surface area contributed by atoms with E-state index in [2.05, 4.69) is 35.6 Å². The van der Waals surface area contributed by atoms with Crippen LogP contribution in [0.3, 0.4) is 0 Å². The van der Waals surface area contributed by atoms with Crippen molar-refractivity contribution in [1.29, 1.82) is 0 Å². The van der Waals surface area contributed by atoms with Gasteiger partial charge >= 0.3 is 0 Å². The van der Waals surface area contributed by atoms with Crippen LogP contribution in [0.25, 0.3) is 11.0 Å². The first-order valence-electron chi connectivity index (χ1n) is 10.5. The van der Waals surface area contributed by atoms with Gasteiger partial charge < -0.3 is 10.6 Å². The molecule has 1 fully saturated rings. The second-order valence-electron chi connectivity index (χ2n) is 8.01. The first kappa shape index (κ1) is 19.4. The molecule has 2 aromatic rings. The van der Waals surface area contributed by atoms with Gasteiger partial charge in [0.25, 0.3) is 0 Å². The molecule has 2 N–H and O–H groups in total. The molecule has 157 valence electrons. The summed E-state index contributed by atoms with van der Waals surface area (Å²) in [5.41, 5.74) is 9.75. The molecule has 2 aliphatic heterocycles. The van der Waals surface area contributed by atoms with E-state index in [9.17, 15) is 4.79 Å². The van der Waals surface area contributed by atoms with Crippen molar-refractivity contribution < 1.29 is 4.79 Å². The molecule has 1 amide bonds. The Kier molecular flexibility index (Phi) is 4.77. The fourth-order valence-corrected chi connectivity index (χ4v) is 4.46. The number of hydrogen-bond donors (Lipinski definition) is 1. The Morgan fingerprint density at radius 2 is 2.16 bits per heavy atom. The first-order chi connectivity index (χ1) is 15.1. The minimum Gasteiger partial charge on any atom is -0.383 e. The van der Waals surface area contributed by atoms with Gasteiger partial charge in [-0.15, -0.1) is 0 Å². The van der Waals surface area contributed by atoms with Crippen molar-refractivity contribution in [3.05, 3.63) is 66.7 Å². The van der Waals surface area contributed by atoms with Gasteiger partial charge in [-0.1, -0.05) is 37.8 Å². The number of aliphatic imine (C=N–C) groups is 1. The van der Waals surface area contributed by atoms with E-state index in [4.69, 9.17) is 15.8 Å². The topological polar surface area (TPSA) is 102 Å². The summed E-state index contributed by atoms with van der Waals surface area (Å²) in [7, 11) is 0. The van der Waals surface area contributed by atoms with Gasteiger partial charge in [-0.05, 0) is 25.0 Å². The van der Waals surface area contributed by atoms with Crippen LogP contribution in [0.4, 0.5) is 5.82 Å². The molecule has 8 nitrogen and oxygen atoms in total. The highest BCUT2D eigenvalue weighted by atomic mass is 16.2. The van der Waals surface area contributed by atoms with Crippen molar-refractivity contribution in [3.8, 4) is 0 Å². The molecule has 0 aromatic carbocycles. The fourth-order valence-electron chi connectivity index (χ4n) is 4.46. The van der Waals surface area contributed by atoms with Gasteiger partial charge in [0.2, 0.25) is 5.91 Å². The molecule has 31 heavy (non-hydrogen) atoms. The van der Waals surface area contributed by atoms with E-state index < -0.39 is 0 Å². The normalized spacial score (nSPS) is 21.7. The number of aromatic nitrogens is 4. The van der Waals surface area contributed by atoms with E-state index in [0.717, 1.165) is 35.3 Å². The zero-order chi connectivity index (χ0) is 21.5. The third kappa shape index (κ3) is 3.28. The smallest absolute Gasteiger partial charge is 0.246 e. The van der Waals surface area contributed by atoms with E-state index in [-0.39, 0.29) is 17.9 Å². The molecule has 1 saturated heterocycles. The van der Waals surface area contributed by atoms with Crippen molar-refractivity contribution in [2.45, 2.75) is 31.7 Å². The molecule has 3 aliphatic rings. The van der Waals surface area contributed by atoms with Gasteiger partial charge in [0, 0.05) is 30.6 Å². The van der Waals surface area contributed by atoms with E-state index in [1.54, 1.807) is 4.90 Å². The minimum atomic E-state index is -0.0716. The van der Waals surface area contributed by atoms with E-state index in [0.29, 0.717) is 24.6 Å². The summed E-state index contributed by atoms with van der Waals surface area (Å²) in [5, 5.41) is 5.71. The Balaban J connectivity index is 1.53. The maximum atomic E-state index is 12.0. The van der Waals surface area contributed by atoms with Crippen LogP contribution in [0.5, 0.6) is 0 Å². The van der Waals surface area contributed by atoms with E-state index in [1.807, 2.05) is 22.9 Å². The molecule has 1 radical (unpaired) electrons. The average molecular weight is 414 g/mol. The SMILES string of the molecule is C=CC(=O)N1CCC(n2nc(C(C)C3=CC[C]4C=CC=CC4=N3)c3c(N)ncnc32)C1. The van der Waals surface area contributed by atoms with E-state index in [1.165, 1.54) is 18.3 Å². The second kappa shape index (κ2) is 7.61. The lowest BCUT2D eigenvalue weighted by Gasteiger charge is -2.21. The number of hydrogen-bond acceptors (Lipinski definition) is 6. The summed E-state index contributed by atoms with van der Waals surface area (Å²) < 4.78 is 1.91. The lowest BCUT2D eigenvalue weighted by molar-refractivity contribution is -0.125. The predicted molar refractivity (Wildman–Crippen MR) is 120 cm³/mol. The molecule has 1 aliphatic carbocycles. The van der Waals surface area contributed by atoms with Crippen molar-refractivity contribution in [3.63, 3.8) is 0 Å². The van der Waals surface area contributed by atoms with Gasteiger partial charge in [-0.3, -0.25) is 9.79 Å². The van der Waals surface area contributed by atoms with Crippen molar-refractivity contribution in [2.24, 2.45) is 4.99 Å². The number of amides is 1. The molecule has 2 unspecified atom stereocenters. The summed E-state index contributed by atoms with van der Waals surface area (Å²) in [6.07, 6.45) is 14.8. The standard InChI is InChI=1S/C23H24N7O/c1-3-19(31)29-11-10-16(12-29)30-23-20(22(24)25-13-26-23)21(28-30)14(2)17-9-8-15-6-4-5-7-18(15)27-17/h3-7,9,13-14,16H,1,8,10-12H2,2H3,(H2,24,25,26). The largest absolute Gasteiger partial charge is 0.383 e. The number of anilines is 1. The van der Waals surface area contributed by atoms with Crippen molar-refractivity contribution in [1.82, 2.24) is 24.6 Å². The monoisotopic (exact) mass is 414 g/mol. The lowest BCUT2D eigenvalue weighted by atomic mass is 9.89. The maximum Gasteiger partial charge on any atom is 0.246 e. The zero-order valence-electron chi connectivity index (χ0n) is 17.4. The first-order valence-corrected chi connectivity index (χ1v) is 10.5. The number of nitrogens with two attached hydrogens (primary N) is 1. The number of fused-ring (bicyclic) bond motifs is 2. The molecule has 0 saturated carbocycles. The summed E-state index contributed by atoms with van der Waals surface area (Å²) in [4.78, 5) is 27.4. The Morgan fingerprint density at radius 3 is 3.00 bits per heavy atom. The molecule has 2 aromatic heterocycles. The quantitative estimate of drug-likeness (QED) is 0.775. The van der Waals surface area contributed by atoms with Crippen molar-refractivity contribution >= 4 is 28.5 Å². The van der Waals surface area contributed by atoms with Gasteiger partial charge in [-0.25, -0.2) is 14.6 Å².